The molecule has 0 amide bonds. The molecule has 1 aliphatic heterocycles. The highest BCUT2D eigenvalue weighted by Crippen LogP contribution is 2.36. The van der Waals surface area contributed by atoms with E-state index in [-0.39, 0.29) is 18.5 Å². The van der Waals surface area contributed by atoms with Gasteiger partial charge < -0.3 is 19.3 Å². The van der Waals surface area contributed by atoms with Crippen LogP contribution in [-0.2, 0) is 11.3 Å². The highest BCUT2D eigenvalue weighted by atomic mass is 35.5. The summed E-state index contributed by atoms with van der Waals surface area (Å²) in [7, 11) is 3.16. The van der Waals surface area contributed by atoms with Gasteiger partial charge in [0.05, 0.1) is 33.5 Å². The molecule has 2 aromatic rings. The summed E-state index contributed by atoms with van der Waals surface area (Å²) in [5, 5.41) is 10.3. The third-order valence-electron chi connectivity index (χ3n) is 4.77. The molecule has 0 bridgehead atoms. The minimum Gasteiger partial charge on any atom is -0.493 e. The van der Waals surface area contributed by atoms with E-state index in [1.807, 2.05) is 18.2 Å². The van der Waals surface area contributed by atoms with Gasteiger partial charge in [0.25, 0.3) is 0 Å². The number of morpholine rings is 1. The lowest BCUT2D eigenvalue weighted by Crippen LogP contribution is -2.46. The first-order valence-corrected chi connectivity index (χ1v) is 9.07. The van der Waals surface area contributed by atoms with Crippen molar-refractivity contribution in [1.82, 2.24) is 4.90 Å². The maximum atomic E-state index is 13.7. The summed E-state index contributed by atoms with van der Waals surface area (Å²) < 4.78 is 30.2. The van der Waals surface area contributed by atoms with Crippen molar-refractivity contribution in [3.8, 4) is 11.5 Å². The Labute approximate surface area is 163 Å². The summed E-state index contributed by atoms with van der Waals surface area (Å²) >= 11 is 6.26. The maximum absolute atomic E-state index is 13.7. The van der Waals surface area contributed by atoms with Crippen LogP contribution in [0.1, 0.15) is 17.2 Å². The zero-order valence-corrected chi connectivity index (χ0v) is 16.1. The first-order chi connectivity index (χ1) is 13.1. The molecule has 0 radical (unpaired) electrons. The first-order valence-electron chi connectivity index (χ1n) is 8.69. The summed E-state index contributed by atoms with van der Waals surface area (Å²) in [5.74, 6) is 0.892. The Bertz CT molecular complexity index is 789. The Morgan fingerprint density at radius 2 is 1.96 bits per heavy atom. The van der Waals surface area contributed by atoms with Crippen LogP contribution < -0.4 is 9.47 Å². The number of aliphatic hydroxyl groups is 1. The number of aliphatic hydroxyl groups excluding tert-OH is 1. The highest BCUT2D eigenvalue weighted by Gasteiger charge is 2.34. The SMILES string of the molecule is COc1ccc([C@@H]2[C@@H](CO)OCCN2Cc2cc(F)ccc2Cl)cc1OC. The van der Waals surface area contributed by atoms with Gasteiger partial charge in [0, 0.05) is 18.1 Å². The summed E-state index contributed by atoms with van der Waals surface area (Å²) in [6.07, 6.45) is -0.413. The van der Waals surface area contributed by atoms with E-state index < -0.39 is 6.10 Å². The highest BCUT2D eigenvalue weighted by molar-refractivity contribution is 6.31. The largest absolute Gasteiger partial charge is 0.493 e. The molecule has 1 heterocycles. The molecule has 1 aliphatic rings. The zero-order valence-electron chi connectivity index (χ0n) is 15.3. The molecule has 0 unspecified atom stereocenters. The number of halogens is 2. The monoisotopic (exact) mass is 395 g/mol. The predicted octanol–water partition coefficient (Wildman–Crippen LogP) is 3.43. The number of rotatable bonds is 6. The fourth-order valence-electron chi connectivity index (χ4n) is 3.46. The van der Waals surface area contributed by atoms with Gasteiger partial charge in [-0.3, -0.25) is 4.90 Å². The van der Waals surface area contributed by atoms with Gasteiger partial charge in [0.1, 0.15) is 11.9 Å². The van der Waals surface area contributed by atoms with E-state index in [1.165, 1.54) is 12.1 Å². The van der Waals surface area contributed by atoms with E-state index in [4.69, 9.17) is 25.8 Å². The second kappa shape index (κ2) is 8.89. The van der Waals surface area contributed by atoms with E-state index in [0.29, 0.717) is 41.8 Å². The van der Waals surface area contributed by atoms with Gasteiger partial charge >= 0.3 is 0 Å². The number of ether oxygens (including phenoxy) is 3. The van der Waals surface area contributed by atoms with E-state index in [0.717, 1.165) is 5.56 Å². The van der Waals surface area contributed by atoms with Gasteiger partial charge in [-0.25, -0.2) is 4.39 Å². The number of methoxy groups -OCH3 is 2. The predicted molar refractivity (Wildman–Crippen MR) is 101 cm³/mol. The standard InChI is InChI=1S/C20H23ClFNO4/c1-25-17-6-3-13(10-18(17)26-2)20-19(12-24)27-8-7-23(20)11-14-9-15(22)4-5-16(14)21/h3-6,9-10,19-20,24H,7-8,11-12H2,1-2H3/t19-,20-/m1/s1. The van der Waals surface area contributed by atoms with Gasteiger partial charge in [-0.15, -0.1) is 0 Å². The normalized spacial score (nSPS) is 20.5. The van der Waals surface area contributed by atoms with Gasteiger partial charge in [-0.05, 0) is 41.5 Å². The smallest absolute Gasteiger partial charge is 0.161 e. The van der Waals surface area contributed by atoms with Crippen molar-refractivity contribution in [1.29, 1.82) is 0 Å². The van der Waals surface area contributed by atoms with Gasteiger partial charge in [-0.1, -0.05) is 17.7 Å². The van der Waals surface area contributed by atoms with Crippen LogP contribution in [0.4, 0.5) is 4.39 Å². The van der Waals surface area contributed by atoms with Crippen LogP contribution in [0.2, 0.25) is 5.02 Å². The third-order valence-corrected chi connectivity index (χ3v) is 5.13. The maximum Gasteiger partial charge on any atom is 0.161 e. The first kappa shape index (κ1) is 19.9. The van der Waals surface area contributed by atoms with E-state index in [9.17, 15) is 9.50 Å². The van der Waals surface area contributed by atoms with Crippen molar-refractivity contribution < 1.29 is 23.7 Å². The van der Waals surface area contributed by atoms with Crippen molar-refractivity contribution in [3.63, 3.8) is 0 Å². The van der Waals surface area contributed by atoms with Gasteiger partial charge in [0.15, 0.2) is 11.5 Å². The second-order valence-corrected chi connectivity index (χ2v) is 6.76. The van der Waals surface area contributed by atoms with Crippen molar-refractivity contribution in [3.05, 3.63) is 58.4 Å². The summed E-state index contributed by atoms with van der Waals surface area (Å²) in [6.45, 7) is 1.41. The van der Waals surface area contributed by atoms with Crippen LogP contribution in [0, 0.1) is 5.82 Å². The number of benzene rings is 2. The molecule has 5 nitrogen and oxygen atoms in total. The molecule has 0 spiro atoms. The zero-order chi connectivity index (χ0) is 19.4. The number of nitrogens with zero attached hydrogens (tertiary/aromatic N) is 1. The summed E-state index contributed by atoms with van der Waals surface area (Å²) in [5.41, 5.74) is 1.61. The van der Waals surface area contributed by atoms with E-state index in [1.54, 1.807) is 20.3 Å². The molecule has 0 saturated carbocycles. The second-order valence-electron chi connectivity index (χ2n) is 6.36. The van der Waals surface area contributed by atoms with Crippen LogP contribution in [-0.4, -0.2) is 50.1 Å². The van der Waals surface area contributed by atoms with Crippen molar-refractivity contribution in [2.45, 2.75) is 18.7 Å². The number of hydrogen-bond donors (Lipinski definition) is 1. The molecule has 3 rings (SSSR count). The molecule has 146 valence electrons. The average molecular weight is 396 g/mol. The molecule has 0 aliphatic carbocycles. The van der Waals surface area contributed by atoms with Crippen molar-refractivity contribution >= 4 is 11.6 Å². The molecule has 7 heteroatoms. The molecule has 27 heavy (non-hydrogen) atoms. The molecule has 2 atom stereocenters. The molecule has 1 saturated heterocycles. The Balaban J connectivity index is 1.95. The van der Waals surface area contributed by atoms with Crippen LogP contribution in [0.3, 0.4) is 0 Å². The van der Waals surface area contributed by atoms with Crippen molar-refractivity contribution in [2.75, 3.05) is 34.0 Å². The minimum absolute atomic E-state index is 0.133. The fourth-order valence-corrected chi connectivity index (χ4v) is 3.64. The van der Waals surface area contributed by atoms with Crippen LogP contribution >= 0.6 is 11.6 Å². The van der Waals surface area contributed by atoms with E-state index >= 15 is 0 Å². The van der Waals surface area contributed by atoms with Crippen LogP contribution in [0.5, 0.6) is 11.5 Å². The third kappa shape index (κ3) is 4.35. The van der Waals surface area contributed by atoms with Crippen LogP contribution in [0.15, 0.2) is 36.4 Å². The Kier molecular flexibility index (Phi) is 6.55. The molecular formula is C20H23ClFNO4. The fraction of sp³-hybridized carbons (Fsp3) is 0.400. The van der Waals surface area contributed by atoms with Gasteiger partial charge in [0.2, 0.25) is 0 Å². The quantitative estimate of drug-likeness (QED) is 0.812. The lowest BCUT2D eigenvalue weighted by molar-refractivity contribution is -0.0961. The minimum atomic E-state index is -0.413. The summed E-state index contributed by atoms with van der Waals surface area (Å²) in [6, 6.07) is 9.73. The molecule has 1 fully saturated rings. The molecular weight excluding hydrogens is 373 g/mol. The number of hydrogen-bond acceptors (Lipinski definition) is 5. The van der Waals surface area contributed by atoms with Crippen molar-refractivity contribution in [2.24, 2.45) is 0 Å². The van der Waals surface area contributed by atoms with Gasteiger partial charge in [-0.2, -0.15) is 0 Å². The Morgan fingerprint density at radius 3 is 2.67 bits per heavy atom. The Hall–Kier alpha value is -1.86. The van der Waals surface area contributed by atoms with E-state index in [2.05, 4.69) is 4.90 Å². The summed E-state index contributed by atoms with van der Waals surface area (Å²) in [4.78, 5) is 2.13. The Morgan fingerprint density at radius 1 is 1.19 bits per heavy atom. The molecule has 2 aromatic carbocycles. The molecule has 0 aromatic heterocycles. The lowest BCUT2D eigenvalue weighted by atomic mass is 9.97. The molecule has 1 N–H and O–H groups in total. The van der Waals surface area contributed by atoms with Crippen LogP contribution in [0.25, 0.3) is 0 Å². The lowest BCUT2D eigenvalue weighted by Gasteiger charge is -2.41. The topological polar surface area (TPSA) is 51.2 Å². The average Bonchev–Trinajstić information content (AvgIpc) is 2.70.